The molecule has 0 aromatic heterocycles. The van der Waals surface area contributed by atoms with Gasteiger partial charge >= 0.3 is 6.03 Å². The third kappa shape index (κ3) is 6.47. The van der Waals surface area contributed by atoms with Crippen molar-refractivity contribution in [3.05, 3.63) is 106 Å². The van der Waals surface area contributed by atoms with Crippen LogP contribution in [0.4, 0.5) is 4.79 Å². The van der Waals surface area contributed by atoms with Crippen LogP contribution in [0, 0.1) is 6.92 Å². The van der Waals surface area contributed by atoms with Crippen LogP contribution in [0.15, 0.2) is 78.9 Å². The molecule has 1 aliphatic heterocycles. The van der Waals surface area contributed by atoms with E-state index < -0.39 is 0 Å². The fourth-order valence-corrected chi connectivity index (χ4v) is 5.10. The summed E-state index contributed by atoms with van der Waals surface area (Å²) in [7, 11) is 0. The maximum atomic E-state index is 12.9. The van der Waals surface area contributed by atoms with Crippen LogP contribution in [0.3, 0.4) is 0 Å². The van der Waals surface area contributed by atoms with Gasteiger partial charge in [0.05, 0.1) is 12.7 Å². The van der Waals surface area contributed by atoms with Crippen LogP contribution in [0.5, 0.6) is 0 Å². The first kappa shape index (κ1) is 24.8. The van der Waals surface area contributed by atoms with E-state index in [1.54, 1.807) is 0 Å². The Morgan fingerprint density at radius 1 is 1.00 bits per heavy atom. The lowest BCUT2D eigenvalue weighted by molar-refractivity contribution is 0.00554. The molecule has 1 saturated carbocycles. The van der Waals surface area contributed by atoms with Crippen molar-refractivity contribution in [3.63, 3.8) is 0 Å². The minimum absolute atomic E-state index is 0.0584. The second-order valence-corrected chi connectivity index (χ2v) is 10.4. The summed E-state index contributed by atoms with van der Waals surface area (Å²) >= 11 is 6.13. The van der Waals surface area contributed by atoms with E-state index >= 15 is 0 Å². The molecule has 2 fully saturated rings. The highest BCUT2D eigenvalue weighted by molar-refractivity contribution is 6.30. The molecule has 188 valence electrons. The second-order valence-electron chi connectivity index (χ2n) is 9.94. The lowest BCUT2D eigenvalue weighted by Crippen LogP contribution is -2.52. The van der Waals surface area contributed by atoms with Gasteiger partial charge in [-0.05, 0) is 42.2 Å². The molecular formula is C30H34ClN3O2. The Kier molecular flexibility index (Phi) is 7.90. The molecule has 3 aromatic rings. The monoisotopic (exact) mass is 503 g/mol. The van der Waals surface area contributed by atoms with Crippen LogP contribution < -0.4 is 5.32 Å². The predicted molar refractivity (Wildman–Crippen MR) is 144 cm³/mol. The Bertz CT molecular complexity index is 1150. The van der Waals surface area contributed by atoms with Crippen LogP contribution in [0.1, 0.15) is 40.7 Å². The van der Waals surface area contributed by atoms with Gasteiger partial charge in [0.15, 0.2) is 0 Å². The standard InChI is InChI=1S/C30H34ClN3O2/c1-22-6-5-7-23(18-22)21-36-29(25-10-12-26(31)13-11-25)20-33-14-16-34(17-15-33)30(35)32-28-19-27(28)24-8-3-2-4-9-24/h2-13,18,27-29H,14-17,19-21H2,1H3,(H,32,35)/t27-,28-,29-/m0/s1. The molecule has 0 spiro atoms. The Labute approximate surface area is 219 Å². The van der Waals surface area contributed by atoms with E-state index in [1.807, 2.05) is 35.2 Å². The molecule has 0 unspecified atom stereocenters. The third-order valence-electron chi connectivity index (χ3n) is 7.19. The van der Waals surface area contributed by atoms with Gasteiger partial charge in [-0.25, -0.2) is 4.79 Å². The summed E-state index contributed by atoms with van der Waals surface area (Å²) in [6.45, 7) is 6.54. The molecule has 5 nitrogen and oxygen atoms in total. The van der Waals surface area contributed by atoms with Gasteiger partial charge in [0, 0.05) is 49.7 Å². The van der Waals surface area contributed by atoms with Crippen LogP contribution in [0.2, 0.25) is 5.02 Å². The first-order chi connectivity index (χ1) is 17.5. The molecule has 3 atom stereocenters. The zero-order valence-corrected chi connectivity index (χ0v) is 21.5. The number of urea groups is 1. The fraction of sp³-hybridized carbons (Fsp3) is 0.367. The quantitative estimate of drug-likeness (QED) is 0.423. The molecule has 3 aromatic carbocycles. The average molecular weight is 504 g/mol. The number of nitrogens with one attached hydrogen (secondary N) is 1. The van der Waals surface area contributed by atoms with Crippen LogP contribution in [0.25, 0.3) is 0 Å². The highest BCUT2D eigenvalue weighted by Crippen LogP contribution is 2.40. The number of aryl methyl sites for hydroxylation is 1. The highest BCUT2D eigenvalue weighted by atomic mass is 35.5. The Morgan fingerprint density at radius 2 is 1.75 bits per heavy atom. The average Bonchev–Trinajstić information content (AvgIpc) is 3.67. The number of rotatable bonds is 8. The maximum absolute atomic E-state index is 12.9. The lowest BCUT2D eigenvalue weighted by atomic mass is 10.1. The van der Waals surface area contributed by atoms with Crippen molar-refractivity contribution in [3.8, 4) is 0 Å². The van der Waals surface area contributed by atoms with Crippen LogP contribution in [-0.4, -0.2) is 54.6 Å². The zero-order chi connectivity index (χ0) is 24.9. The van der Waals surface area contributed by atoms with Gasteiger partial charge in [0.1, 0.15) is 0 Å². The van der Waals surface area contributed by atoms with Crippen molar-refractivity contribution in [1.82, 2.24) is 15.1 Å². The molecule has 0 bridgehead atoms. The molecule has 1 N–H and O–H groups in total. The number of carbonyl (C=O) groups excluding carboxylic acids is 1. The minimum Gasteiger partial charge on any atom is -0.368 e. The molecule has 36 heavy (non-hydrogen) atoms. The number of amides is 2. The van der Waals surface area contributed by atoms with Gasteiger partial charge in [0.25, 0.3) is 0 Å². The van der Waals surface area contributed by atoms with E-state index in [0.29, 0.717) is 12.5 Å². The number of halogens is 1. The Balaban J connectivity index is 1.13. The SMILES string of the molecule is Cc1cccc(CO[C@@H](CN2CCN(C(=O)N[C@H]3C[C@H]3c3ccccc3)CC2)c2ccc(Cl)cc2)c1. The number of benzene rings is 3. The summed E-state index contributed by atoms with van der Waals surface area (Å²) in [6.07, 6.45) is 0.956. The largest absolute Gasteiger partial charge is 0.368 e. The zero-order valence-electron chi connectivity index (χ0n) is 20.8. The Hall–Kier alpha value is -2.86. The summed E-state index contributed by atoms with van der Waals surface area (Å²) < 4.78 is 6.42. The molecule has 6 heteroatoms. The number of carbonyl (C=O) groups is 1. The van der Waals surface area contributed by atoms with E-state index in [-0.39, 0.29) is 18.2 Å². The minimum atomic E-state index is -0.0683. The summed E-state index contributed by atoms with van der Waals surface area (Å²) in [5, 5.41) is 3.96. The van der Waals surface area contributed by atoms with Crippen molar-refractivity contribution in [2.24, 2.45) is 0 Å². The van der Waals surface area contributed by atoms with E-state index in [0.717, 1.165) is 49.7 Å². The topological polar surface area (TPSA) is 44.8 Å². The summed E-state index contributed by atoms with van der Waals surface area (Å²) in [5.74, 6) is 0.446. The second kappa shape index (κ2) is 11.5. The molecule has 5 rings (SSSR count). The van der Waals surface area contributed by atoms with E-state index in [1.165, 1.54) is 16.7 Å². The van der Waals surface area contributed by atoms with Crippen molar-refractivity contribution < 1.29 is 9.53 Å². The summed E-state index contributed by atoms with van der Waals surface area (Å²) in [5.41, 5.74) is 4.83. The normalized spacial score (nSPS) is 20.7. The van der Waals surface area contributed by atoms with Crippen molar-refractivity contribution >= 4 is 17.6 Å². The van der Waals surface area contributed by atoms with Gasteiger partial charge in [0.2, 0.25) is 0 Å². The maximum Gasteiger partial charge on any atom is 0.317 e. The van der Waals surface area contributed by atoms with E-state index in [2.05, 4.69) is 65.7 Å². The predicted octanol–water partition coefficient (Wildman–Crippen LogP) is 5.79. The Morgan fingerprint density at radius 3 is 2.47 bits per heavy atom. The first-order valence-electron chi connectivity index (χ1n) is 12.8. The molecule has 1 saturated heterocycles. The number of hydrogen-bond donors (Lipinski definition) is 1. The van der Waals surface area contributed by atoms with Crippen molar-refractivity contribution in [2.75, 3.05) is 32.7 Å². The highest BCUT2D eigenvalue weighted by Gasteiger charge is 2.40. The lowest BCUT2D eigenvalue weighted by Gasteiger charge is -2.36. The molecule has 0 radical (unpaired) electrons. The molecule has 1 aliphatic carbocycles. The number of nitrogens with zero attached hydrogens (tertiary/aromatic N) is 2. The molecule has 1 heterocycles. The van der Waals surface area contributed by atoms with Gasteiger partial charge in [-0.15, -0.1) is 0 Å². The summed E-state index contributed by atoms with van der Waals surface area (Å²) in [4.78, 5) is 17.2. The van der Waals surface area contributed by atoms with Crippen LogP contribution in [-0.2, 0) is 11.3 Å². The molecule has 2 amide bonds. The third-order valence-corrected chi connectivity index (χ3v) is 7.44. The first-order valence-corrected chi connectivity index (χ1v) is 13.2. The van der Waals surface area contributed by atoms with Crippen LogP contribution >= 0.6 is 11.6 Å². The van der Waals surface area contributed by atoms with Gasteiger partial charge in [-0.3, -0.25) is 4.90 Å². The van der Waals surface area contributed by atoms with Crippen molar-refractivity contribution in [2.45, 2.75) is 38.0 Å². The van der Waals surface area contributed by atoms with Gasteiger partial charge in [-0.2, -0.15) is 0 Å². The summed E-state index contributed by atoms with van der Waals surface area (Å²) in [6, 6.07) is 27.1. The number of ether oxygens (including phenoxy) is 1. The van der Waals surface area contributed by atoms with Crippen molar-refractivity contribution in [1.29, 1.82) is 0 Å². The van der Waals surface area contributed by atoms with Gasteiger partial charge < -0.3 is 15.0 Å². The van der Waals surface area contributed by atoms with Gasteiger partial charge in [-0.1, -0.05) is 83.9 Å². The number of piperazine rings is 1. The number of hydrogen-bond acceptors (Lipinski definition) is 3. The smallest absolute Gasteiger partial charge is 0.317 e. The van der Waals surface area contributed by atoms with E-state index in [9.17, 15) is 4.79 Å². The molecule has 2 aliphatic rings. The molecular weight excluding hydrogens is 470 g/mol. The fourth-order valence-electron chi connectivity index (χ4n) is 4.97. The van der Waals surface area contributed by atoms with E-state index in [4.69, 9.17) is 16.3 Å².